The SMILES string of the molecule is O=C(NC1CCCCC1C(=O)O)c1ccc(Cl)c(F)c1. The number of carbonyl (C=O) groups excluding carboxylic acids is 1. The predicted molar refractivity (Wildman–Crippen MR) is 72.3 cm³/mol. The highest BCUT2D eigenvalue weighted by Crippen LogP contribution is 2.25. The molecule has 2 N–H and O–H groups in total. The second-order valence-electron chi connectivity index (χ2n) is 4.94. The Labute approximate surface area is 120 Å². The molecule has 0 spiro atoms. The summed E-state index contributed by atoms with van der Waals surface area (Å²) in [7, 11) is 0. The van der Waals surface area contributed by atoms with Crippen LogP contribution in [0.1, 0.15) is 36.0 Å². The third kappa shape index (κ3) is 3.28. The zero-order valence-corrected chi connectivity index (χ0v) is 11.5. The molecule has 2 unspecified atom stereocenters. The summed E-state index contributed by atoms with van der Waals surface area (Å²) in [6.45, 7) is 0. The van der Waals surface area contributed by atoms with Gasteiger partial charge in [0.05, 0.1) is 10.9 Å². The summed E-state index contributed by atoms with van der Waals surface area (Å²) >= 11 is 5.56. The molecule has 0 heterocycles. The molecule has 2 atom stereocenters. The van der Waals surface area contributed by atoms with Crippen LogP contribution in [0.25, 0.3) is 0 Å². The maximum Gasteiger partial charge on any atom is 0.308 e. The van der Waals surface area contributed by atoms with E-state index in [2.05, 4.69) is 5.32 Å². The molecule has 0 bridgehead atoms. The molecule has 1 aliphatic rings. The molecule has 1 saturated carbocycles. The van der Waals surface area contributed by atoms with Gasteiger partial charge < -0.3 is 10.4 Å². The van der Waals surface area contributed by atoms with E-state index in [0.717, 1.165) is 18.9 Å². The molecule has 108 valence electrons. The normalized spacial score (nSPS) is 22.3. The first-order chi connectivity index (χ1) is 9.49. The molecule has 0 radical (unpaired) electrons. The zero-order chi connectivity index (χ0) is 14.7. The van der Waals surface area contributed by atoms with Crippen molar-refractivity contribution in [3.05, 3.63) is 34.6 Å². The number of carboxylic acid groups (broad SMARTS) is 1. The number of carboxylic acids is 1. The topological polar surface area (TPSA) is 66.4 Å². The molecule has 1 fully saturated rings. The number of amides is 1. The van der Waals surface area contributed by atoms with Crippen LogP contribution in [0.3, 0.4) is 0 Å². The van der Waals surface area contributed by atoms with Crippen LogP contribution in [0.4, 0.5) is 4.39 Å². The van der Waals surface area contributed by atoms with Crippen LogP contribution < -0.4 is 5.32 Å². The number of nitrogens with one attached hydrogen (secondary N) is 1. The Morgan fingerprint density at radius 2 is 2.00 bits per heavy atom. The average Bonchev–Trinajstić information content (AvgIpc) is 2.42. The molecular weight excluding hydrogens is 285 g/mol. The van der Waals surface area contributed by atoms with Crippen molar-refractivity contribution in [2.45, 2.75) is 31.7 Å². The third-order valence-electron chi connectivity index (χ3n) is 3.58. The maximum absolute atomic E-state index is 13.3. The molecule has 20 heavy (non-hydrogen) atoms. The van der Waals surface area contributed by atoms with Gasteiger partial charge in [0, 0.05) is 11.6 Å². The van der Waals surface area contributed by atoms with Crippen molar-refractivity contribution in [2.75, 3.05) is 0 Å². The van der Waals surface area contributed by atoms with Gasteiger partial charge in [0.1, 0.15) is 5.82 Å². The van der Waals surface area contributed by atoms with Crippen LogP contribution in [0, 0.1) is 11.7 Å². The Balaban J connectivity index is 2.09. The van der Waals surface area contributed by atoms with Gasteiger partial charge in [-0.25, -0.2) is 4.39 Å². The van der Waals surface area contributed by atoms with E-state index in [-0.39, 0.29) is 10.6 Å². The molecule has 1 aliphatic carbocycles. The summed E-state index contributed by atoms with van der Waals surface area (Å²) in [5, 5.41) is 11.8. The third-order valence-corrected chi connectivity index (χ3v) is 3.89. The summed E-state index contributed by atoms with van der Waals surface area (Å²) in [5.41, 5.74) is 0.140. The number of halogens is 2. The van der Waals surface area contributed by atoms with Crippen LogP contribution in [0.2, 0.25) is 5.02 Å². The second-order valence-corrected chi connectivity index (χ2v) is 5.35. The van der Waals surface area contributed by atoms with Crippen LogP contribution in [-0.2, 0) is 4.79 Å². The van der Waals surface area contributed by atoms with Crippen molar-refractivity contribution in [3.63, 3.8) is 0 Å². The second kappa shape index (κ2) is 6.22. The van der Waals surface area contributed by atoms with Gasteiger partial charge in [0.2, 0.25) is 0 Å². The monoisotopic (exact) mass is 299 g/mol. The van der Waals surface area contributed by atoms with Gasteiger partial charge in [-0.1, -0.05) is 24.4 Å². The standard InChI is InChI=1S/C14H15ClFNO3/c15-10-6-5-8(7-11(10)16)13(18)17-12-4-2-1-3-9(12)14(19)20/h5-7,9,12H,1-4H2,(H,17,18)(H,19,20). The molecule has 0 saturated heterocycles. The fourth-order valence-electron chi connectivity index (χ4n) is 2.49. The van der Waals surface area contributed by atoms with Gasteiger partial charge in [0.15, 0.2) is 0 Å². The average molecular weight is 300 g/mol. The molecule has 1 aromatic carbocycles. The van der Waals surface area contributed by atoms with Crippen LogP contribution in [0.5, 0.6) is 0 Å². The lowest BCUT2D eigenvalue weighted by atomic mass is 9.84. The first-order valence-electron chi connectivity index (χ1n) is 6.48. The smallest absolute Gasteiger partial charge is 0.308 e. The van der Waals surface area contributed by atoms with Gasteiger partial charge in [-0.3, -0.25) is 9.59 Å². The molecule has 1 amide bonds. The quantitative estimate of drug-likeness (QED) is 0.902. The maximum atomic E-state index is 13.3. The molecule has 1 aromatic rings. The molecular formula is C14H15ClFNO3. The lowest BCUT2D eigenvalue weighted by Crippen LogP contribution is -2.45. The van der Waals surface area contributed by atoms with Gasteiger partial charge in [-0.2, -0.15) is 0 Å². The minimum atomic E-state index is -0.905. The van der Waals surface area contributed by atoms with Crippen molar-refractivity contribution >= 4 is 23.5 Å². The number of carbonyl (C=O) groups is 2. The van der Waals surface area contributed by atoms with Crippen LogP contribution in [-0.4, -0.2) is 23.0 Å². The van der Waals surface area contributed by atoms with E-state index in [9.17, 15) is 14.0 Å². The summed E-state index contributed by atoms with van der Waals surface area (Å²) in [6.07, 6.45) is 2.90. The Hall–Kier alpha value is -1.62. The van der Waals surface area contributed by atoms with E-state index >= 15 is 0 Å². The highest BCUT2D eigenvalue weighted by Gasteiger charge is 2.32. The summed E-state index contributed by atoms with van der Waals surface area (Å²) < 4.78 is 13.3. The molecule has 4 nitrogen and oxygen atoms in total. The van der Waals surface area contributed by atoms with Crippen molar-refractivity contribution in [3.8, 4) is 0 Å². The zero-order valence-electron chi connectivity index (χ0n) is 10.7. The highest BCUT2D eigenvalue weighted by atomic mass is 35.5. The largest absolute Gasteiger partial charge is 0.481 e. The molecule has 0 aromatic heterocycles. The Bertz CT molecular complexity index is 535. The van der Waals surface area contributed by atoms with E-state index < -0.39 is 29.7 Å². The highest BCUT2D eigenvalue weighted by molar-refractivity contribution is 6.30. The lowest BCUT2D eigenvalue weighted by Gasteiger charge is -2.29. The number of rotatable bonds is 3. The van der Waals surface area contributed by atoms with E-state index in [1.165, 1.54) is 12.1 Å². The summed E-state index contributed by atoms with van der Waals surface area (Å²) in [5.74, 6) is -2.63. The van der Waals surface area contributed by atoms with Gasteiger partial charge in [-0.15, -0.1) is 0 Å². The first-order valence-corrected chi connectivity index (χ1v) is 6.85. The number of hydrogen-bond donors (Lipinski definition) is 2. The van der Waals surface area contributed by atoms with Crippen molar-refractivity contribution in [1.82, 2.24) is 5.32 Å². The Kier molecular flexibility index (Phi) is 4.60. The first kappa shape index (κ1) is 14.8. The summed E-state index contributed by atoms with van der Waals surface area (Å²) in [4.78, 5) is 23.2. The van der Waals surface area contributed by atoms with E-state index in [1.807, 2.05) is 0 Å². The number of aliphatic carboxylic acids is 1. The van der Waals surface area contributed by atoms with Crippen molar-refractivity contribution in [2.24, 2.45) is 5.92 Å². The lowest BCUT2D eigenvalue weighted by molar-refractivity contribution is -0.143. The Morgan fingerprint density at radius 1 is 1.30 bits per heavy atom. The Morgan fingerprint density at radius 3 is 2.65 bits per heavy atom. The fourth-order valence-corrected chi connectivity index (χ4v) is 2.61. The van der Waals surface area contributed by atoms with Crippen LogP contribution >= 0.6 is 11.6 Å². The molecule has 6 heteroatoms. The van der Waals surface area contributed by atoms with E-state index in [1.54, 1.807) is 0 Å². The number of hydrogen-bond acceptors (Lipinski definition) is 2. The minimum Gasteiger partial charge on any atom is -0.481 e. The minimum absolute atomic E-state index is 0.0531. The van der Waals surface area contributed by atoms with E-state index in [4.69, 9.17) is 16.7 Å². The van der Waals surface area contributed by atoms with Crippen LogP contribution in [0.15, 0.2) is 18.2 Å². The summed E-state index contributed by atoms with van der Waals surface area (Å²) in [6, 6.07) is 3.37. The van der Waals surface area contributed by atoms with E-state index in [0.29, 0.717) is 12.8 Å². The van der Waals surface area contributed by atoms with Gasteiger partial charge >= 0.3 is 5.97 Å². The predicted octanol–water partition coefficient (Wildman–Crippen LogP) is 2.85. The van der Waals surface area contributed by atoms with Gasteiger partial charge in [0.25, 0.3) is 5.91 Å². The van der Waals surface area contributed by atoms with Crippen molar-refractivity contribution in [1.29, 1.82) is 0 Å². The van der Waals surface area contributed by atoms with Crippen molar-refractivity contribution < 1.29 is 19.1 Å². The fraction of sp³-hybridized carbons (Fsp3) is 0.429. The molecule has 0 aliphatic heterocycles. The number of benzene rings is 1. The van der Waals surface area contributed by atoms with Gasteiger partial charge in [-0.05, 0) is 31.0 Å². The molecule has 2 rings (SSSR count).